The van der Waals surface area contributed by atoms with Crippen LogP contribution in [0.4, 0.5) is 5.69 Å². The highest BCUT2D eigenvalue weighted by Crippen LogP contribution is 2.20. The maximum absolute atomic E-state index is 8.65. The van der Waals surface area contributed by atoms with E-state index >= 15 is 0 Å². The van der Waals surface area contributed by atoms with Crippen molar-refractivity contribution in [1.29, 1.82) is 5.26 Å². The molecule has 0 bridgehead atoms. The van der Waals surface area contributed by atoms with E-state index in [0.29, 0.717) is 17.6 Å². The van der Waals surface area contributed by atoms with E-state index in [1.807, 2.05) is 24.3 Å². The maximum Gasteiger partial charge on any atom is 0.170 e. The van der Waals surface area contributed by atoms with Crippen LogP contribution in [0.3, 0.4) is 0 Å². The molecule has 1 aliphatic carbocycles. The second kappa shape index (κ2) is 10.2. The molecule has 5 heteroatoms. The Kier molecular flexibility index (Phi) is 7.85. The summed E-state index contributed by atoms with van der Waals surface area (Å²) in [6, 6.07) is 9.89. The predicted molar refractivity (Wildman–Crippen MR) is 97.4 cm³/mol. The number of hydrogen-bond donors (Lipinski definition) is 2. The van der Waals surface area contributed by atoms with Gasteiger partial charge in [0.15, 0.2) is 5.11 Å². The molecule has 2 rings (SSSR count). The summed E-state index contributed by atoms with van der Waals surface area (Å²) >= 11 is 5.28. The molecule has 23 heavy (non-hydrogen) atoms. The number of nitrogens with one attached hydrogen (secondary N) is 2. The molecule has 2 N–H and O–H groups in total. The number of anilines is 1. The number of nitrogens with zero attached hydrogens (tertiary/aromatic N) is 1. The van der Waals surface area contributed by atoms with Crippen molar-refractivity contribution in [3.05, 3.63) is 29.8 Å². The summed E-state index contributed by atoms with van der Waals surface area (Å²) in [5, 5.41) is 15.6. The van der Waals surface area contributed by atoms with Crippen molar-refractivity contribution in [3.63, 3.8) is 0 Å². The van der Waals surface area contributed by atoms with Crippen molar-refractivity contribution in [2.45, 2.75) is 51.0 Å². The molecule has 1 aliphatic rings. The first kappa shape index (κ1) is 17.7. The van der Waals surface area contributed by atoms with Crippen LogP contribution < -0.4 is 10.6 Å². The third-order valence-electron chi connectivity index (χ3n) is 4.01. The smallest absolute Gasteiger partial charge is 0.170 e. The molecule has 0 amide bonds. The van der Waals surface area contributed by atoms with Gasteiger partial charge in [0, 0.05) is 18.8 Å². The fraction of sp³-hybridized carbons (Fsp3) is 0.556. The van der Waals surface area contributed by atoms with Crippen LogP contribution in [0.2, 0.25) is 0 Å². The lowest BCUT2D eigenvalue weighted by atomic mass is 9.98. The molecular weight excluding hydrogens is 306 g/mol. The maximum atomic E-state index is 8.65. The fourth-order valence-electron chi connectivity index (χ4n) is 2.73. The number of hydrogen-bond acceptors (Lipinski definition) is 3. The lowest BCUT2D eigenvalue weighted by molar-refractivity contribution is 0.0277. The van der Waals surface area contributed by atoms with Crippen molar-refractivity contribution in [1.82, 2.24) is 5.32 Å². The molecule has 0 spiro atoms. The number of benzene rings is 1. The first-order valence-corrected chi connectivity index (χ1v) is 8.81. The van der Waals surface area contributed by atoms with Gasteiger partial charge >= 0.3 is 0 Å². The molecule has 1 aromatic rings. The van der Waals surface area contributed by atoms with Crippen molar-refractivity contribution in [2.24, 2.45) is 0 Å². The van der Waals surface area contributed by atoms with Crippen LogP contribution in [0.5, 0.6) is 0 Å². The standard InChI is InChI=1S/C18H25N3OS/c19-12-11-15-7-9-16(10-8-15)21-18(23)20-13-4-14-22-17-5-2-1-3-6-17/h7-10,17H,1-6,11,13-14H2,(H2,20,21,23). The Hall–Kier alpha value is -1.64. The van der Waals surface area contributed by atoms with E-state index in [9.17, 15) is 0 Å². The lowest BCUT2D eigenvalue weighted by Crippen LogP contribution is -2.30. The zero-order valence-electron chi connectivity index (χ0n) is 13.5. The Balaban J connectivity index is 1.56. The van der Waals surface area contributed by atoms with Gasteiger partial charge in [0.2, 0.25) is 0 Å². The lowest BCUT2D eigenvalue weighted by Gasteiger charge is -2.22. The molecule has 0 atom stereocenters. The van der Waals surface area contributed by atoms with Crippen LogP contribution >= 0.6 is 12.2 Å². The summed E-state index contributed by atoms with van der Waals surface area (Å²) in [7, 11) is 0. The molecule has 0 radical (unpaired) electrons. The first-order valence-electron chi connectivity index (χ1n) is 8.40. The highest BCUT2D eigenvalue weighted by Gasteiger charge is 2.12. The van der Waals surface area contributed by atoms with Crippen molar-refractivity contribution in [2.75, 3.05) is 18.5 Å². The topological polar surface area (TPSA) is 57.1 Å². The van der Waals surface area contributed by atoms with Gasteiger partial charge < -0.3 is 15.4 Å². The molecule has 0 saturated heterocycles. The van der Waals surface area contributed by atoms with Gasteiger partial charge in [0.25, 0.3) is 0 Å². The van der Waals surface area contributed by atoms with Gasteiger partial charge in [0.1, 0.15) is 0 Å². The normalized spacial score (nSPS) is 14.9. The van der Waals surface area contributed by atoms with Crippen molar-refractivity contribution < 1.29 is 4.74 Å². The van der Waals surface area contributed by atoms with Crippen LogP contribution in [-0.4, -0.2) is 24.4 Å². The second-order valence-electron chi connectivity index (χ2n) is 5.90. The van der Waals surface area contributed by atoms with Crippen LogP contribution in [0.1, 0.15) is 44.1 Å². The molecule has 124 valence electrons. The van der Waals surface area contributed by atoms with Crippen molar-refractivity contribution >= 4 is 23.0 Å². The average Bonchev–Trinajstić information content (AvgIpc) is 2.57. The number of thiocarbonyl (C=S) groups is 1. The number of rotatable bonds is 7. The van der Waals surface area contributed by atoms with Gasteiger partial charge in [-0.2, -0.15) is 5.26 Å². The van der Waals surface area contributed by atoms with E-state index in [1.54, 1.807) is 0 Å². The Bertz CT molecular complexity index is 518. The van der Waals surface area contributed by atoms with E-state index in [1.165, 1.54) is 32.1 Å². The fourth-order valence-corrected chi connectivity index (χ4v) is 2.95. The van der Waals surface area contributed by atoms with Gasteiger partial charge in [-0.25, -0.2) is 0 Å². The molecule has 0 aliphatic heterocycles. The molecule has 0 aromatic heterocycles. The largest absolute Gasteiger partial charge is 0.378 e. The summed E-state index contributed by atoms with van der Waals surface area (Å²) in [5.74, 6) is 0. The van der Waals surface area contributed by atoms with Gasteiger partial charge in [0.05, 0.1) is 18.6 Å². The SMILES string of the molecule is N#CCc1ccc(NC(=S)NCCCOC2CCCCC2)cc1. The Morgan fingerprint density at radius 3 is 2.65 bits per heavy atom. The molecule has 0 unspecified atom stereocenters. The Morgan fingerprint density at radius 1 is 1.22 bits per heavy atom. The summed E-state index contributed by atoms with van der Waals surface area (Å²) in [6.07, 6.45) is 8.28. The highest BCUT2D eigenvalue weighted by molar-refractivity contribution is 7.80. The van der Waals surface area contributed by atoms with E-state index in [2.05, 4.69) is 16.7 Å². The highest BCUT2D eigenvalue weighted by atomic mass is 32.1. The van der Waals surface area contributed by atoms with E-state index in [0.717, 1.165) is 30.8 Å². The summed E-state index contributed by atoms with van der Waals surface area (Å²) in [4.78, 5) is 0. The zero-order chi connectivity index (χ0) is 16.3. The number of ether oxygens (including phenoxy) is 1. The van der Waals surface area contributed by atoms with Crippen LogP contribution in [0.25, 0.3) is 0 Å². The van der Waals surface area contributed by atoms with E-state index < -0.39 is 0 Å². The quantitative estimate of drug-likeness (QED) is 0.588. The van der Waals surface area contributed by atoms with Crippen LogP contribution in [0, 0.1) is 11.3 Å². The third kappa shape index (κ3) is 6.98. The zero-order valence-corrected chi connectivity index (χ0v) is 14.3. The molecular formula is C18H25N3OS. The second-order valence-corrected chi connectivity index (χ2v) is 6.31. The monoisotopic (exact) mass is 331 g/mol. The average molecular weight is 331 g/mol. The van der Waals surface area contributed by atoms with Crippen LogP contribution in [-0.2, 0) is 11.2 Å². The molecule has 0 heterocycles. The molecule has 1 aromatic carbocycles. The van der Waals surface area contributed by atoms with Gasteiger partial charge in [-0.15, -0.1) is 0 Å². The van der Waals surface area contributed by atoms with Gasteiger partial charge in [-0.1, -0.05) is 31.4 Å². The molecule has 1 saturated carbocycles. The summed E-state index contributed by atoms with van der Waals surface area (Å²) < 4.78 is 5.89. The summed E-state index contributed by atoms with van der Waals surface area (Å²) in [5.41, 5.74) is 1.94. The summed E-state index contributed by atoms with van der Waals surface area (Å²) in [6.45, 7) is 1.61. The predicted octanol–water partition coefficient (Wildman–Crippen LogP) is 3.78. The van der Waals surface area contributed by atoms with E-state index in [-0.39, 0.29) is 0 Å². The van der Waals surface area contributed by atoms with Crippen LogP contribution in [0.15, 0.2) is 24.3 Å². The number of nitriles is 1. The Labute approximate surface area is 144 Å². The third-order valence-corrected chi connectivity index (χ3v) is 4.25. The Morgan fingerprint density at radius 2 is 1.96 bits per heavy atom. The minimum Gasteiger partial charge on any atom is -0.378 e. The first-order chi connectivity index (χ1) is 11.3. The molecule has 4 nitrogen and oxygen atoms in total. The van der Waals surface area contributed by atoms with E-state index in [4.69, 9.17) is 22.2 Å². The van der Waals surface area contributed by atoms with Gasteiger partial charge in [-0.05, 0) is 49.2 Å². The van der Waals surface area contributed by atoms with Gasteiger partial charge in [-0.3, -0.25) is 0 Å². The minimum atomic E-state index is 0.434. The molecule has 1 fully saturated rings. The van der Waals surface area contributed by atoms with Crippen molar-refractivity contribution in [3.8, 4) is 6.07 Å². The minimum absolute atomic E-state index is 0.434.